The van der Waals surface area contributed by atoms with Gasteiger partial charge in [-0.1, -0.05) is 22.0 Å². The monoisotopic (exact) mass is 318 g/mol. The highest BCUT2D eigenvalue weighted by Crippen LogP contribution is 2.26. The molecule has 1 N–H and O–H groups in total. The Morgan fingerprint density at radius 1 is 1.16 bits per heavy atom. The van der Waals surface area contributed by atoms with E-state index in [-0.39, 0.29) is 6.04 Å². The number of aromatic nitrogens is 1. The van der Waals surface area contributed by atoms with Crippen molar-refractivity contribution < 1.29 is 0 Å². The fourth-order valence-electron chi connectivity index (χ4n) is 2.59. The van der Waals surface area contributed by atoms with Crippen LogP contribution >= 0.6 is 15.9 Å². The van der Waals surface area contributed by atoms with Crippen molar-refractivity contribution in [3.8, 4) is 0 Å². The van der Waals surface area contributed by atoms with Gasteiger partial charge in [0.2, 0.25) is 0 Å². The third-order valence-corrected chi connectivity index (χ3v) is 3.72. The van der Waals surface area contributed by atoms with Crippen molar-refractivity contribution in [2.45, 2.75) is 33.7 Å². The number of benzene rings is 1. The Labute approximate surface area is 123 Å². The van der Waals surface area contributed by atoms with Gasteiger partial charge in [-0.3, -0.25) is 4.98 Å². The van der Waals surface area contributed by atoms with E-state index in [1.165, 1.54) is 11.1 Å². The maximum absolute atomic E-state index is 4.57. The first-order valence-electron chi connectivity index (χ1n) is 6.44. The van der Waals surface area contributed by atoms with Crippen molar-refractivity contribution >= 4 is 21.6 Å². The molecule has 100 valence electrons. The van der Waals surface area contributed by atoms with Crippen LogP contribution in [0.25, 0.3) is 0 Å². The first kappa shape index (κ1) is 14.1. The third kappa shape index (κ3) is 3.35. The number of halogens is 1. The van der Waals surface area contributed by atoms with E-state index in [2.05, 4.69) is 65.2 Å². The van der Waals surface area contributed by atoms with Gasteiger partial charge in [0.05, 0.1) is 6.04 Å². The van der Waals surface area contributed by atoms with Gasteiger partial charge in [0.1, 0.15) is 0 Å². The van der Waals surface area contributed by atoms with E-state index in [0.717, 1.165) is 21.5 Å². The lowest BCUT2D eigenvalue weighted by Gasteiger charge is -2.20. The summed E-state index contributed by atoms with van der Waals surface area (Å²) in [6.45, 7) is 8.44. The summed E-state index contributed by atoms with van der Waals surface area (Å²) in [5.74, 6) is 0. The van der Waals surface area contributed by atoms with Gasteiger partial charge in [0, 0.05) is 21.5 Å². The van der Waals surface area contributed by atoms with E-state index in [1.807, 2.05) is 19.1 Å². The molecule has 2 aromatic rings. The molecule has 0 bridgehead atoms. The molecule has 3 heteroatoms. The molecular weight excluding hydrogens is 300 g/mol. The molecule has 1 aromatic carbocycles. The van der Waals surface area contributed by atoms with E-state index in [0.29, 0.717) is 0 Å². The molecule has 0 spiro atoms. The second-order valence-electron chi connectivity index (χ2n) is 4.96. The van der Waals surface area contributed by atoms with Crippen LogP contribution in [0.3, 0.4) is 0 Å². The fraction of sp³-hybridized carbons (Fsp3) is 0.312. The summed E-state index contributed by atoms with van der Waals surface area (Å²) in [6, 6.07) is 10.6. The van der Waals surface area contributed by atoms with Gasteiger partial charge in [-0.15, -0.1) is 0 Å². The average Bonchev–Trinajstić information content (AvgIpc) is 2.27. The number of nitrogens with zero attached hydrogens (tertiary/aromatic N) is 1. The van der Waals surface area contributed by atoms with Crippen molar-refractivity contribution in [1.82, 2.24) is 4.98 Å². The first-order valence-corrected chi connectivity index (χ1v) is 7.23. The maximum atomic E-state index is 4.57. The summed E-state index contributed by atoms with van der Waals surface area (Å²) in [6.07, 6.45) is 0. The Morgan fingerprint density at radius 2 is 1.89 bits per heavy atom. The zero-order chi connectivity index (χ0) is 14.0. The molecule has 0 saturated heterocycles. The van der Waals surface area contributed by atoms with Crippen LogP contribution in [-0.2, 0) is 0 Å². The number of rotatable bonds is 3. The van der Waals surface area contributed by atoms with E-state index < -0.39 is 0 Å². The van der Waals surface area contributed by atoms with Gasteiger partial charge in [-0.05, 0) is 63.1 Å². The third-order valence-electron chi connectivity index (χ3n) is 3.22. The smallest absolute Gasteiger partial charge is 0.0506 e. The van der Waals surface area contributed by atoms with Crippen LogP contribution < -0.4 is 5.32 Å². The van der Waals surface area contributed by atoms with Crippen molar-refractivity contribution in [2.24, 2.45) is 0 Å². The molecule has 2 rings (SSSR count). The predicted octanol–water partition coefficient (Wildman–Crippen LogP) is 4.94. The minimum absolute atomic E-state index is 0.238. The van der Waals surface area contributed by atoms with Gasteiger partial charge in [0.25, 0.3) is 0 Å². The van der Waals surface area contributed by atoms with Crippen LogP contribution in [-0.4, -0.2) is 4.98 Å². The van der Waals surface area contributed by atoms with Gasteiger partial charge >= 0.3 is 0 Å². The van der Waals surface area contributed by atoms with Crippen molar-refractivity contribution in [3.63, 3.8) is 0 Å². The SMILES string of the molecule is Cc1cc(C)c(C(C)Nc2cccc(Br)c2)c(C)n1. The quantitative estimate of drug-likeness (QED) is 0.866. The minimum Gasteiger partial charge on any atom is -0.378 e. The molecule has 1 aromatic heterocycles. The summed E-state index contributed by atoms with van der Waals surface area (Å²) < 4.78 is 1.08. The molecule has 1 heterocycles. The second-order valence-corrected chi connectivity index (χ2v) is 5.87. The Balaban J connectivity index is 2.28. The highest BCUT2D eigenvalue weighted by atomic mass is 79.9. The number of anilines is 1. The summed E-state index contributed by atoms with van der Waals surface area (Å²) in [5.41, 5.74) is 5.87. The first-order chi connectivity index (χ1) is 8.97. The Kier molecular flexibility index (Phi) is 4.25. The van der Waals surface area contributed by atoms with E-state index >= 15 is 0 Å². The van der Waals surface area contributed by atoms with E-state index in [4.69, 9.17) is 0 Å². The van der Waals surface area contributed by atoms with Crippen LogP contribution in [0.15, 0.2) is 34.8 Å². The Bertz CT molecular complexity index is 570. The largest absolute Gasteiger partial charge is 0.378 e. The van der Waals surface area contributed by atoms with Crippen LogP contribution in [0, 0.1) is 20.8 Å². The van der Waals surface area contributed by atoms with E-state index in [1.54, 1.807) is 0 Å². The highest BCUT2D eigenvalue weighted by molar-refractivity contribution is 9.10. The number of hydrogen-bond acceptors (Lipinski definition) is 2. The lowest BCUT2D eigenvalue weighted by atomic mass is 10.00. The summed E-state index contributed by atoms with van der Waals surface area (Å²) >= 11 is 3.49. The minimum atomic E-state index is 0.238. The van der Waals surface area contributed by atoms with Crippen LogP contribution in [0.4, 0.5) is 5.69 Å². The molecule has 1 atom stereocenters. The molecule has 0 amide bonds. The van der Waals surface area contributed by atoms with Crippen molar-refractivity contribution in [3.05, 3.63) is 57.3 Å². The standard InChI is InChI=1S/C16H19BrN2/c1-10-8-11(2)18-12(3)16(10)13(4)19-15-7-5-6-14(17)9-15/h5-9,13,19H,1-4H3. The topological polar surface area (TPSA) is 24.9 Å². The number of aryl methyl sites for hydroxylation is 3. The zero-order valence-corrected chi connectivity index (χ0v) is 13.4. The molecule has 0 aliphatic heterocycles. The molecule has 0 aliphatic rings. The predicted molar refractivity (Wildman–Crippen MR) is 84.6 cm³/mol. The average molecular weight is 319 g/mol. The van der Waals surface area contributed by atoms with Crippen molar-refractivity contribution in [1.29, 1.82) is 0 Å². The van der Waals surface area contributed by atoms with Gasteiger partial charge in [-0.25, -0.2) is 0 Å². The fourth-order valence-corrected chi connectivity index (χ4v) is 2.99. The zero-order valence-electron chi connectivity index (χ0n) is 11.8. The molecule has 19 heavy (non-hydrogen) atoms. The van der Waals surface area contributed by atoms with Gasteiger partial charge in [-0.2, -0.15) is 0 Å². The summed E-state index contributed by atoms with van der Waals surface area (Å²) in [5, 5.41) is 3.53. The lowest BCUT2D eigenvalue weighted by molar-refractivity contribution is 0.843. The number of nitrogens with one attached hydrogen (secondary N) is 1. The Hall–Kier alpha value is -1.35. The van der Waals surface area contributed by atoms with Gasteiger partial charge < -0.3 is 5.32 Å². The molecule has 0 aliphatic carbocycles. The molecular formula is C16H19BrN2. The van der Waals surface area contributed by atoms with Crippen LogP contribution in [0.1, 0.15) is 35.5 Å². The van der Waals surface area contributed by atoms with E-state index in [9.17, 15) is 0 Å². The maximum Gasteiger partial charge on any atom is 0.0506 e. The number of pyridine rings is 1. The normalized spacial score (nSPS) is 12.3. The van der Waals surface area contributed by atoms with Crippen LogP contribution in [0.2, 0.25) is 0 Å². The number of hydrogen-bond donors (Lipinski definition) is 1. The molecule has 2 nitrogen and oxygen atoms in total. The molecule has 0 saturated carbocycles. The highest BCUT2D eigenvalue weighted by Gasteiger charge is 2.13. The lowest BCUT2D eigenvalue weighted by Crippen LogP contribution is -2.11. The second kappa shape index (κ2) is 5.74. The summed E-state index contributed by atoms with van der Waals surface area (Å²) in [4.78, 5) is 4.57. The Morgan fingerprint density at radius 3 is 2.53 bits per heavy atom. The molecule has 1 unspecified atom stereocenters. The van der Waals surface area contributed by atoms with Crippen LogP contribution in [0.5, 0.6) is 0 Å². The van der Waals surface area contributed by atoms with Crippen molar-refractivity contribution in [2.75, 3.05) is 5.32 Å². The molecule has 0 fully saturated rings. The van der Waals surface area contributed by atoms with Gasteiger partial charge in [0.15, 0.2) is 0 Å². The molecule has 0 radical (unpaired) electrons. The summed E-state index contributed by atoms with van der Waals surface area (Å²) in [7, 11) is 0.